The molecule has 0 atom stereocenters. The van der Waals surface area contributed by atoms with Crippen LogP contribution in [0.5, 0.6) is 0 Å². The van der Waals surface area contributed by atoms with Crippen LogP contribution < -0.4 is 5.32 Å². The van der Waals surface area contributed by atoms with E-state index >= 15 is 0 Å². The molecule has 0 aliphatic carbocycles. The number of nitrogens with zero attached hydrogens (tertiary/aromatic N) is 4. The lowest BCUT2D eigenvalue weighted by molar-refractivity contribution is -0.385. The monoisotopic (exact) mass is 307 g/mol. The summed E-state index contributed by atoms with van der Waals surface area (Å²) >= 11 is 5.66. The van der Waals surface area contributed by atoms with Crippen LogP contribution in [-0.4, -0.2) is 14.9 Å². The van der Waals surface area contributed by atoms with Gasteiger partial charge in [0.15, 0.2) is 0 Å². The summed E-state index contributed by atoms with van der Waals surface area (Å²) in [5, 5.41) is 22.0. The highest BCUT2D eigenvalue weighted by Gasteiger charge is 2.22. The first-order chi connectivity index (χ1) is 9.92. The number of aryl methyl sites for hydroxylation is 1. The van der Waals surface area contributed by atoms with Gasteiger partial charge in [0.1, 0.15) is 11.5 Å². The maximum atomic E-state index is 13.8. The average molecular weight is 308 g/mol. The van der Waals surface area contributed by atoms with Gasteiger partial charge in [-0.15, -0.1) is 0 Å². The maximum Gasteiger partial charge on any atom is 0.332 e. The van der Waals surface area contributed by atoms with E-state index in [1.54, 1.807) is 6.07 Å². The van der Waals surface area contributed by atoms with Crippen LogP contribution in [0.4, 0.5) is 21.6 Å². The number of anilines is 2. The fraction of sp³-hybridized carbons (Fsp3) is 0.0833. The molecule has 0 unspecified atom stereocenters. The summed E-state index contributed by atoms with van der Waals surface area (Å²) in [6, 6.07) is 5.44. The van der Waals surface area contributed by atoms with Crippen LogP contribution in [0, 0.1) is 34.2 Å². The van der Waals surface area contributed by atoms with Crippen LogP contribution in [0.2, 0.25) is 5.28 Å². The Morgan fingerprint density at radius 2 is 2.19 bits per heavy atom. The Hall–Kier alpha value is -2.79. The van der Waals surface area contributed by atoms with Crippen molar-refractivity contribution in [2.24, 2.45) is 0 Å². The molecule has 2 rings (SSSR count). The minimum absolute atomic E-state index is 0.0524. The minimum atomic E-state index is -0.740. The quantitative estimate of drug-likeness (QED) is 0.530. The second-order valence-electron chi connectivity index (χ2n) is 3.96. The van der Waals surface area contributed by atoms with Gasteiger partial charge in [0.2, 0.25) is 11.1 Å². The molecule has 7 nitrogen and oxygen atoms in total. The SMILES string of the molecule is Cc1nc(Cl)nc(Nc2ccc(C#N)cc2F)c1[N+](=O)[O-]. The first-order valence-corrected chi connectivity index (χ1v) is 5.95. The molecule has 0 spiro atoms. The third-order valence-corrected chi connectivity index (χ3v) is 2.73. The topological polar surface area (TPSA) is 105 Å². The Labute approximate surface area is 123 Å². The van der Waals surface area contributed by atoms with Crippen molar-refractivity contribution in [1.29, 1.82) is 5.26 Å². The van der Waals surface area contributed by atoms with E-state index in [1.807, 2.05) is 0 Å². The van der Waals surface area contributed by atoms with Crippen molar-refractivity contribution in [2.75, 3.05) is 5.32 Å². The zero-order chi connectivity index (χ0) is 15.6. The summed E-state index contributed by atoms with van der Waals surface area (Å²) in [7, 11) is 0. The zero-order valence-corrected chi connectivity index (χ0v) is 11.3. The van der Waals surface area contributed by atoms with Crippen molar-refractivity contribution in [3.8, 4) is 6.07 Å². The lowest BCUT2D eigenvalue weighted by Crippen LogP contribution is -2.05. The van der Waals surface area contributed by atoms with Crippen molar-refractivity contribution in [3.05, 3.63) is 50.7 Å². The molecule has 1 aromatic heterocycles. The molecule has 0 saturated heterocycles. The van der Waals surface area contributed by atoms with Crippen LogP contribution in [0.3, 0.4) is 0 Å². The van der Waals surface area contributed by atoms with Gasteiger partial charge in [-0.3, -0.25) is 10.1 Å². The molecular formula is C12H7ClFN5O2. The van der Waals surface area contributed by atoms with Gasteiger partial charge < -0.3 is 5.32 Å². The molecule has 0 radical (unpaired) electrons. The first-order valence-electron chi connectivity index (χ1n) is 5.57. The first kappa shape index (κ1) is 14.6. The molecular weight excluding hydrogens is 301 g/mol. The van der Waals surface area contributed by atoms with E-state index in [4.69, 9.17) is 16.9 Å². The molecule has 9 heteroatoms. The zero-order valence-electron chi connectivity index (χ0n) is 10.6. The summed E-state index contributed by atoms with van der Waals surface area (Å²) in [4.78, 5) is 17.7. The lowest BCUT2D eigenvalue weighted by Gasteiger charge is -2.08. The lowest BCUT2D eigenvalue weighted by atomic mass is 10.2. The highest BCUT2D eigenvalue weighted by molar-refractivity contribution is 6.28. The molecule has 0 fully saturated rings. The molecule has 2 aromatic rings. The highest BCUT2D eigenvalue weighted by atomic mass is 35.5. The largest absolute Gasteiger partial charge is 0.332 e. The Morgan fingerprint density at radius 3 is 2.76 bits per heavy atom. The highest BCUT2D eigenvalue weighted by Crippen LogP contribution is 2.30. The normalized spacial score (nSPS) is 10.0. The van der Waals surface area contributed by atoms with Gasteiger partial charge >= 0.3 is 5.69 Å². The summed E-state index contributed by atoms with van der Waals surface area (Å²) in [5.41, 5.74) is -0.282. The molecule has 21 heavy (non-hydrogen) atoms. The molecule has 1 aromatic carbocycles. The maximum absolute atomic E-state index is 13.8. The van der Waals surface area contributed by atoms with Crippen LogP contribution >= 0.6 is 11.6 Å². The van der Waals surface area contributed by atoms with E-state index in [0.29, 0.717) is 0 Å². The molecule has 0 bridgehead atoms. The number of nitrogens with one attached hydrogen (secondary N) is 1. The van der Waals surface area contributed by atoms with Crippen LogP contribution in [0.15, 0.2) is 18.2 Å². The van der Waals surface area contributed by atoms with Gasteiger partial charge in [0.05, 0.1) is 22.2 Å². The number of hydrogen-bond acceptors (Lipinski definition) is 6. The van der Waals surface area contributed by atoms with Crippen molar-refractivity contribution < 1.29 is 9.31 Å². The van der Waals surface area contributed by atoms with E-state index in [1.165, 1.54) is 19.1 Å². The van der Waals surface area contributed by atoms with Gasteiger partial charge in [-0.25, -0.2) is 9.37 Å². The van der Waals surface area contributed by atoms with E-state index in [9.17, 15) is 14.5 Å². The molecule has 0 saturated carbocycles. The van der Waals surface area contributed by atoms with Crippen LogP contribution in [-0.2, 0) is 0 Å². The summed E-state index contributed by atoms with van der Waals surface area (Å²) in [5.74, 6) is -0.961. The van der Waals surface area contributed by atoms with Crippen molar-refractivity contribution in [2.45, 2.75) is 6.92 Å². The van der Waals surface area contributed by atoms with Gasteiger partial charge in [-0.05, 0) is 36.7 Å². The van der Waals surface area contributed by atoms with E-state index in [0.717, 1.165) is 6.07 Å². The third-order valence-electron chi connectivity index (χ3n) is 2.56. The fourth-order valence-electron chi connectivity index (χ4n) is 1.65. The molecule has 0 aliphatic rings. The minimum Gasteiger partial charge on any atom is -0.332 e. The van der Waals surface area contributed by atoms with Crippen molar-refractivity contribution in [1.82, 2.24) is 9.97 Å². The Balaban J connectivity index is 2.49. The number of nitro groups is 1. The smallest absolute Gasteiger partial charge is 0.332 e. The Morgan fingerprint density at radius 1 is 1.48 bits per heavy atom. The van der Waals surface area contributed by atoms with E-state index < -0.39 is 16.4 Å². The van der Waals surface area contributed by atoms with Gasteiger partial charge in [0, 0.05) is 0 Å². The third kappa shape index (κ3) is 3.04. The molecule has 1 N–H and O–H groups in total. The van der Waals surface area contributed by atoms with Crippen LogP contribution in [0.25, 0.3) is 0 Å². The number of nitriles is 1. The molecule has 0 aliphatic heterocycles. The van der Waals surface area contributed by atoms with Crippen molar-refractivity contribution >= 4 is 28.8 Å². The summed E-state index contributed by atoms with van der Waals surface area (Å²) < 4.78 is 13.8. The number of benzene rings is 1. The second-order valence-corrected chi connectivity index (χ2v) is 4.30. The second kappa shape index (κ2) is 5.68. The number of halogens is 2. The Bertz CT molecular complexity index is 775. The predicted molar refractivity (Wildman–Crippen MR) is 72.8 cm³/mol. The predicted octanol–water partition coefficient (Wildman–Crippen LogP) is 3.10. The van der Waals surface area contributed by atoms with Crippen molar-refractivity contribution in [3.63, 3.8) is 0 Å². The van der Waals surface area contributed by atoms with E-state index in [2.05, 4.69) is 15.3 Å². The molecule has 0 amide bonds. The molecule has 1 heterocycles. The average Bonchev–Trinajstić information content (AvgIpc) is 2.39. The number of rotatable bonds is 3. The number of hydrogen-bond donors (Lipinski definition) is 1. The van der Waals surface area contributed by atoms with E-state index in [-0.39, 0.29) is 28.0 Å². The van der Waals surface area contributed by atoms with Gasteiger partial charge in [0.25, 0.3) is 0 Å². The Kier molecular flexibility index (Phi) is 3.95. The standard InChI is InChI=1S/C12H7ClFN5O2/c1-6-10(19(20)21)11(18-12(13)16-6)17-9-3-2-7(5-15)4-8(9)14/h2-4H,1H3,(H,16,17,18). The van der Waals surface area contributed by atoms with Gasteiger partial charge in [-0.1, -0.05) is 0 Å². The fourth-order valence-corrected chi connectivity index (χ4v) is 1.86. The summed E-state index contributed by atoms with van der Waals surface area (Å²) in [6.45, 7) is 1.39. The summed E-state index contributed by atoms with van der Waals surface area (Å²) in [6.07, 6.45) is 0. The number of aromatic nitrogens is 2. The molecule has 106 valence electrons. The van der Waals surface area contributed by atoms with Crippen LogP contribution in [0.1, 0.15) is 11.3 Å². The van der Waals surface area contributed by atoms with Gasteiger partial charge in [-0.2, -0.15) is 10.2 Å².